The van der Waals surface area contributed by atoms with Gasteiger partial charge in [0.05, 0.1) is 12.5 Å². The lowest BCUT2D eigenvalue weighted by molar-refractivity contribution is -0.129. The topological polar surface area (TPSA) is 49.8 Å². The smallest absolute Gasteiger partial charge is 0.227 e. The van der Waals surface area contributed by atoms with E-state index in [0.29, 0.717) is 31.7 Å². The van der Waals surface area contributed by atoms with Crippen LogP contribution in [0.15, 0.2) is 42.5 Å². The molecule has 2 fully saturated rings. The van der Waals surface area contributed by atoms with Crippen molar-refractivity contribution in [3.8, 4) is 5.75 Å². The fraction of sp³-hybridized carbons (Fsp3) is 0.409. The number of likely N-dealkylation sites (tertiary alicyclic amines) is 1. The highest BCUT2D eigenvalue weighted by Crippen LogP contribution is 2.38. The fourth-order valence-corrected chi connectivity index (χ4v) is 4.37. The lowest BCUT2D eigenvalue weighted by Crippen LogP contribution is -2.42. The molecule has 1 saturated carbocycles. The Morgan fingerprint density at radius 3 is 2.45 bits per heavy atom. The number of carbonyl (C=O) groups is 1. The van der Waals surface area contributed by atoms with E-state index in [1.807, 2.05) is 0 Å². The van der Waals surface area contributed by atoms with Crippen molar-refractivity contribution in [2.45, 2.75) is 31.5 Å². The molecule has 0 spiro atoms. The highest BCUT2D eigenvalue weighted by Gasteiger charge is 2.43. The number of carbonyl (C=O) groups excluding carboxylic acids is 1. The van der Waals surface area contributed by atoms with E-state index in [-0.39, 0.29) is 35.5 Å². The Labute approximate surface area is 166 Å². The first-order valence-electron chi connectivity index (χ1n) is 9.71. The Morgan fingerprint density at radius 2 is 1.72 bits per heavy atom. The second-order valence-corrected chi connectivity index (χ2v) is 7.86. The number of rotatable bonds is 4. The second kappa shape index (κ2) is 8.06. The first kappa shape index (κ1) is 19.8. The van der Waals surface area contributed by atoms with Gasteiger partial charge in [-0.15, -0.1) is 0 Å². The lowest BCUT2D eigenvalue weighted by Gasteiger charge is -2.35. The van der Waals surface area contributed by atoms with Gasteiger partial charge in [-0.3, -0.25) is 4.79 Å². The molecule has 0 aromatic heterocycles. The van der Waals surface area contributed by atoms with Crippen molar-refractivity contribution in [1.29, 1.82) is 0 Å². The number of ether oxygens (including phenoxy) is 1. The number of nitrogens with zero attached hydrogens (tertiary/aromatic N) is 1. The third-order valence-corrected chi connectivity index (χ3v) is 5.91. The Balaban J connectivity index is 1.38. The van der Waals surface area contributed by atoms with E-state index in [9.17, 15) is 23.1 Å². The number of aliphatic hydroxyl groups is 1. The minimum Gasteiger partial charge on any atom is -0.488 e. The third kappa shape index (κ3) is 4.24. The Morgan fingerprint density at radius 1 is 1.03 bits per heavy atom. The maximum absolute atomic E-state index is 13.9. The monoisotopic (exact) mass is 405 g/mol. The van der Waals surface area contributed by atoms with Crippen molar-refractivity contribution in [2.75, 3.05) is 13.1 Å². The molecule has 29 heavy (non-hydrogen) atoms. The molecule has 0 bridgehead atoms. The van der Waals surface area contributed by atoms with Crippen LogP contribution in [0.1, 0.15) is 18.4 Å². The quantitative estimate of drug-likeness (QED) is 0.849. The summed E-state index contributed by atoms with van der Waals surface area (Å²) in [7, 11) is 0. The predicted molar refractivity (Wildman–Crippen MR) is 99.7 cm³/mol. The lowest BCUT2D eigenvalue weighted by atomic mass is 9.78. The summed E-state index contributed by atoms with van der Waals surface area (Å²) < 4.78 is 46.1. The second-order valence-electron chi connectivity index (χ2n) is 7.86. The van der Waals surface area contributed by atoms with Gasteiger partial charge in [0.2, 0.25) is 5.91 Å². The molecule has 154 valence electrons. The fourth-order valence-electron chi connectivity index (χ4n) is 4.37. The number of benzene rings is 2. The number of fused-ring (bicyclic) bond motifs is 1. The van der Waals surface area contributed by atoms with Crippen LogP contribution in [0.5, 0.6) is 5.75 Å². The molecule has 1 N–H and O–H groups in total. The molecule has 1 aliphatic heterocycles. The van der Waals surface area contributed by atoms with Crippen molar-refractivity contribution in [1.82, 2.24) is 4.90 Å². The van der Waals surface area contributed by atoms with Crippen LogP contribution in [0.2, 0.25) is 0 Å². The molecule has 2 aromatic carbocycles. The summed E-state index contributed by atoms with van der Waals surface area (Å²) in [5, 5.41) is 10.5. The first-order valence-corrected chi connectivity index (χ1v) is 9.71. The Bertz CT molecular complexity index is 889. The van der Waals surface area contributed by atoms with Gasteiger partial charge < -0.3 is 14.7 Å². The summed E-state index contributed by atoms with van der Waals surface area (Å²) in [6.07, 6.45) is -0.244. The molecule has 1 amide bonds. The summed E-state index contributed by atoms with van der Waals surface area (Å²) in [6, 6.07) is 9.46. The normalized spacial score (nSPS) is 26.3. The van der Waals surface area contributed by atoms with Gasteiger partial charge in [0.25, 0.3) is 0 Å². The predicted octanol–water partition coefficient (Wildman–Crippen LogP) is 3.32. The van der Waals surface area contributed by atoms with E-state index in [4.69, 9.17) is 4.74 Å². The summed E-state index contributed by atoms with van der Waals surface area (Å²) in [5.41, 5.74) is 0.0439. The number of aliphatic hydroxyl groups excluding tert-OH is 1. The van der Waals surface area contributed by atoms with Crippen molar-refractivity contribution in [2.24, 2.45) is 11.8 Å². The summed E-state index contributed by atoms with van der Waals surface area (Å²) in [6.45, 7) is 0.983. The summed E-state index contributed by atoms with van der Waals surface area (Å²) in [4.78, 5) is 14.3. The Kier molecular flexibility index (Phi) is 5.50. The van der Waals surface area contributed by atoms with Crippen LogP contribution in [0, 0.1) is 29.3 Å². The zero-order chi connectivity index (χ0) is 20.5. The molecule has 0 radical (unpaired) electrons. The van der Waals surface area contributed by atoms with E-state index >= 15 is 0 Å². The standard InChI is InChI=1S/C22H22F3NO3/c23-16-4-6-17(7-5-16)29-20-9-15-12-26(11-14(15)8-19(20)27)21(28)10-13-2-1-3-18(24)22(13)25/h1-7,14-15,19-20,27H,8-12H2/t14-,15+,19+,20+/m0/s1. The zero-order valence-electron chi connectivity index (χ0n) is 15.7. The zero-order valence-corrected chi connectivity index (χ0v) is 15.7. The molecule has 1 heterocycles. The molecule has 4 atom stereocenters. The molecule has 7 heteroatoms. The average Bonchev–Trinajstić information content (AvgIpc) is 3.10. The largest absolute Gasteiger partial charge is 0.488 e. The average molecular weight is 405 g/mol. The minimum atomic E-state index is -0.986. The highest BCUT2D eigenvalue weighted by molar-refractivity contribution is 5.79. The molecule has 1 saturated heterocycles. The number of amides is 1. The van der Waals surface area contributed by atoms with Gasteiger partial charge in [-0.2, -0.15) is 0 Å². The molecular formula is C22H22F3NO3. The Hall–Kier alpha value is -2.54. The van der Waals surface area contributed by atoms with Crippen LogP contribution in [-0.2, 0) is 11.2 Å². The number of halogens is 3. The van der Waals surface area contributed by atoms with Crippen molar-refractivity contribution in [3.05, 3.63) is 65.5 Å². The van der Waals surface area contributed by atoms with Gasteiger partial charge in [0.15, 0.2) is 11.6 Å². The maximum Gasteiger partial charge on any atom is 0.227 e. The summed E-state index contributed by atoms with van der Waals surface area (Å²) >= 11 is 0. The number of hydrogen-bond donors (Lipinski definition) is 1. The van der Waals surface area contributed by atoms with E-state index in [1.54, 1.807) is 4.90 Å². The molecular weight excluding hydrogens is 383 g/mol. The van der Waals surface area contributed by atoms with Crippen LogP contribution < -0.4 is 4.74 Å². The van der Waals surface area contributed by atoms with Crippen molar-refractivity contribution in [3.63, 3.8) is 0 Å². The molecule has 1 aliphatic carbocycles. The molecule has 2 aliphatic rings. The summed E-state index contributed by atoms with van der Waals surface area (Å²) in [5.74, 6) is -1.78. The van der Waals surface area contributed by atoms with Crippen LogP contribution in [-0.4, -0.2) is 41.2 Å². The first-order chi connectivity index (χ1) is 13.9. The van der Waals surface area contributed by atoms with Gasteiger partial charge in [-0.1, -0.05) is 12.1 Å². The van der Waals surface area contributed by atoms with Gasteiger partial charge in [0.1, 0.15) is 17.7 Å². The van der Waals surface area contributed by atoms with E-state index in [1.165, 1.54) is 36.4 Å². The van der Waals surface area contributed by atoms with E-state index in [2.05, 4.69) is 0 Å². The van der Waals surface area contributed by atoms with Crippen molar-refractivity contribution < 1.29 is 27.8 Å². The van der Waals surface area contributed by atoms with Gasteiger partial charge >= 0.3 is 0 Å². The SMILES string of the molecule is O=C(Cc1cccc(F)c1F)N1C[C@H]2C[C@@H](Oc3ccc(F)cc3)[C@H](O)C[C@H]2C1. The van der Waals surface area contributed by atoms with Crippen LogP contribution in [0.3, 0.4) is 0 Å². The maximum atomic E-state index is 13.9. The minimum absolute atomic E-state index is 0.0439. The van der Waals surface area contributed by atoms with Crippen LogP contribution in [0.25, 0.3) is 0 Å². The molecule has 2 aromatic rings. The molecule has 4 rings (SSSR count). The van der Waals surface area contributed by atoms with Gasteiger partial charge in [0, 0.05) is 18.7 Å². The van der Waals surface area contributed by atoms with Crippen LogP contribution in [0.4, 0.5) is 13.2 Å². The number of hydrogen-bond acceptors (Lipinski definition) is 3. The third-order valence-electron chi connectivity index (χ3n) is 5.91. The molecule has 4 nitrogen and oxygen atoms in total. The van der Waals surface area contributed by atoms with Gasteiger partial charge in [-0.25, -0.2) is 13.2 Å². The highest BCUT2D eigenvalue weighted by atomic mass is 19.2. The van der Waals surface area contributed by atoms with E-state index in [0.717, 1.165) is 6.07 Å². The van der Waals surface area contributed by atoms with Gasteiger partial charge in [-0.05, 0) is 55.0 Å². The van der Waals surface area contributed by atoms with E-state index < -0.39 is 23.8 Å². The van der Waals surface area contributed by atoms with Crippen LogP contribution >= 0.6 is 0 Å². The van der Waals surface area contributed by atoms with Crippen molar-refractivity contribution >= 4 is 5.91 Å². The molecule has 0 unspecified atom stereocenters.